The maximum absolute atomic E-state index is 4.19. The van der Waals surface area contributed by atoms with Gasteiger partial charge in [0.25, 0.3) is 0 Å². The monoisotopic (exact) mass is 231 g/mol. The summed E-state index contributed by atoms with van der Waals surface area (Å²) in [4.78, 5) is 6.30. The van der Waals surface area contributed by atoms with E-state index in [1.54, 1.807) is 0 Å². The maximum Gasteiger partial charge on any atom is 0.0764 e. The molecule has 1 aliphatic rings. The zero-order chi connectivity index (χ0) is 12.1. The lowest BCUT2D eigenvalue weighted by molar-refractivity contribution is 0.504. The highest BCUT2D eigenvalue weighted by molar-refractivity contribution is 5.68. The van der Waals surface area contributed by atoms with Gasteiger partial charge in [-0.2, -0.15) is 0 Å². The molecule has 1 aliphatic carbocycles. The third-order valence-corrected chi connectivity index (χ3v) is 3.24. The van der Waals surface area contributed by atoms with Gasteiger partial charge in [-0.05, 0) is 31.2 Å². The van der Waals surface area contributed by atoms with E-state index in [2.05, 4.69) is 41.4 Å². The highest BCUT2D eigenvalue weighted by atomic mass is 15.1. The van der Waals surface area contributed by atoms with Crippen molar-refractivity contribution >= 4 is 11.4 Å². The van der Waals surface area contributed by atoms with E-state index in [4.69, 9.17) is 0 Å². The normalized spacial score (nSPS) is 19.1. The lowest BCUT2D eigenvalue weighted by Crippen LogP contribution is -2.18. The largest absolute Gasteiger partial charge is 0.382 e. The molecule has 0 spiro atoms. The molecule has 0 saturated carbocycles. The number of pyridine rings is 1. The summed E-state index contributed by atoms with van der Waals surface area (Å²) < 4.78 is 0. The van der Waals surface area contributed by atoms with Crippen LogP contribution in [-0.2, 0) is 0 Å². The van der Waals surface area contributed by atoms with Crippen molar-refractivity contribution < 1.29 is 0 Å². The molecule has 1 aromatic heterocycles. The molecule has 1 unspecified atom stereocenters. The Bertz CT molecular complexity index is 385. The summed E-state index contributed by atoms with van der Waals surface area (Å²) in [5.74, 6) is 0.759. The van der Waals surface area contributed by atoms with Crippen molar-refractivity contribution in [3.05, 3.63) is 30.6 Å². The minimum atomic E-state index is 0.759. The molecular formula is C14H21N3. The molecule has 1 heterocycles. The summed E-state index contributed by atoms with van der Waals surface area (Å²) in [6.07, 6.45) is 12.0. The van der Waals surface area contributed by atoms with Crippen LogP contribution in [0.5, 0.6) is 0 Å². The molecule has 0 bridgehead atoms. The Labute approximate surface area is 104 Å². The average Bonchev–Trinajstić information content (AvgIpc) is 2.38. The van der Waals surface area contributed by atoms with Gasteiger partial charge in [0.1, 0.15) is 0 Å². The Kier molecular flexibility index (Phi) is 4.02. The number of anilines is 2. The zero-order valence-corrected chi connectivity index (χ0v) is 10.7. The summed E-state index contributed by atoms with van der Waals surface area (Å²) in [5.41, 5.74) is 2.33. The second kappa shape index (κ2) is 5.71. The molecule has 17 heavy (non-hydrogen) atoms. The zero-order valence-electron chi connectivity index (χ0n) is 10.7. The van der Waals surface area contributed by atoms with E-state index in [0.717, 1.165) is 18.2 Å². The fourth-order valence-corrected chi connectivity index (χ4v) is 2.21. The van der Waals surface area contributed by atoms with Gasteiger partial charge < -0.3 is 10.2 Å². The predicted molar refractivity (Wildman–Crippen MR) is 73.5 cm³/mol. The highest BCUT2D eigenvalue weighted by Gasteiger charge is 2.11. The third kappa shape index (κ3) is 3.22. The highest BCUT2D eigenvalue weighted by Crippen LogP contribution is 2.24. The minimum Gasteiger partial charge on any atom is -0.382 e. The summed E-state index contributed by atoms with van der Waals surface area (Å²) in [7, 11) is 4.12. The Morgan fingerprint density at radius 3 is 3.00 bits per heavy atom. The fourth-order valence-electron chi connectivity index (χ4n) is 2.21. The van der Waals surface area contributed by atoms with E-state index in [-0.39, 0.29) is 0 Å². The fraction of sp³-hybridized carbons (Fsp3) is 0.500. The first-order valence-corrected chi connectivity index (χ1v) is 6.27. The van der Waals surface area contributed by atoms with Gasteiger partial charge in [-0.15, -0.1) is 0 Å². The van der Waals surface area contributed by atoms with E-state index in [1.807, 2.05) is 18.5 Å². The second-order valence-corrected chi connectivity index (χ2v) is 4.82. The lowest BCUT2D eigenvalue weighted by atomic mass is 9.94. The molecule has 2 rings (SSSR count). The lowest BCUT2D eigenvalue weighted by Gasteiger charge is -2.22. The molecule has 0 aliphatic heterocycles. The minimum absolute atomic E-state index is 0.759. The van der Waals surface area contributed by atoms with Gasteiger partial charge in [0.05, 0.1) is 17.6 Å². The van der Waals surface area contributed by atoms with Gasteiger partial charge in [0, 0.05) is 26.8 Å². The van der Waals surface area contributed by atoms with Gasteiger partial charge in [0.15, 0.2) is 0 Å². The molecule has 1 aromatic rings. The molecule has 1 atom stereocenters. The molecule has 0 amide bonds. The Hall–Kier alpha value is -1.51. The quantitative estimate of drug-likeness (QED) is 0.808. The number of nitrogens with zero attached hydrogens (tertiary/aromatic N) is 2. The van der Waals surface area contributed by atoms with Crippen molar-refractivity contribution in [2.75, 3.05) is 30.9 Å². The van der Waals surface area contributed by atoms with Crippen LogP contribution in [0, 0.1) is 5.92 Å². The van der Waals surface area contributed by atoms with Crippen LogP contribution in [0.1, 0.15) is 19.3 Å². The molecule has 0 aromatic carbocycles. The van der Waals surface area contributed by atoms with Gasteiger partial charge in [-0.1, -0.05) is 12.2 Å². The predicted octanol–water partition coefficient (Wildman–Crippen LogP) is 2.92. The van der Waals surface area contributed by atoms with Crippen LogP contribution in [-0.4, -0.2) is 25.6 Å². The number of nitrogens with one attached hydrogen (secondary N) is 1. The van der Waals surface area contributed by atoms with Crippen LogP contribution in [0.4, 0.5) is 11.4 Å². The third-order valence-electron chi connectivity index (χ3n) is 3.24. The van der Waals surface area contributed by atoms with Gasteiger partial charge in [-0.25, -0.2) is 0 Å². The molecule has 3 heteroatoms. The van der Waals surface area contributed by atoms with Crippen LogP contribution in [0.25, 0.3) is 0 Å². The molecule has 3 nitrogen and oxygen atoms in total. The van der Waals surface area contributed by atoms with Crippen LogP contribution in [0.15, 0.2) is 30.6 Å². The number of hydrogen-bond acceptors (Lipinski definition) is 3. The van der Waals surface area contributed by atoms with Crippen molar-refractivity contribution in [3.8, 4) is 0 Å². The first kappa shape index (κ1) is 12.0. The summed E-state index contributed by atoms with van der Waals surface area (Å²) in [5, 5.41) is 3.53. The maximum atomic E-state index is 4.19. The van der Waals surface area contributed by atoms with Crippen molar-refractivity contribution in [1.82, 2.24) is 4.98 Å². The number of hydrogen-bond donors (Lipinski definition) is 1. The smallest absolute Gasteiger partial charge is 0.0764 e. The van der Waals surface area contributed by atoms with E-state index in [1.165, 1.54) is 24.9 Å². The van der Waals surface area contributed by atoms with Crippen molar-refractivity contribution in [1.29, 1.82) is 0 Å². The standard InChI is InChI=1S/C14H21N3/c1-17(2)14-8-9-15-11-13(14)16-10-12-6-4-3-5-7-12/h3-4,8-9,11-12,16H,5-7,10H2,1-2H3. The summed E-state index contributed by atoms with van der Waals surface area (Å²) in [6, 6.07) is 2.04. The topological polar surface area (TPSA) is 28.2 Å². The Balaban J connectivity index is 1.96. The average molecular weight is 231 g/mol. The number of aromatic nitrogens is 1. The van der Waals surface area contributed by atoms with E-state index < -0.39 is 0 Å². The van der Waals surface area contributed by atoms with Crippen LogP contribution in [0.3, 0.4) is 0 Å². The molecule has 0 fully saturated rings. The van der Waals surface area contributed by atoms with E-state index >= 15 is 0 Å². The summed E-state index contributed by atoms with van der Waals surface area (Å²) in [6.45, 7) is 1.04. The van der Waals surface area contributed by atoms with Gasteiger partial charge in [-0.3, -0.25) is 4.98 Å². The van der Waals surface area contributed by atoms with Crippen LogP contribution >= 0.6 is 0 Å². The van der Waals surface area contributed by atoms with E-state index in [9.17, 15) is 0 Å². The van der Waals surface area contributed by atoms with E-state index in [0.29, 0.717) is 0 Å². The molecule has 1 N–H and O–H groups in total. The first-order chi connectivity index (χ1) is 8.27. The van der Waals surface area contributed by atoms with Gasteiger partial charge >= 0.3 is 0 Å². The van der Waals surface area contributed by atoms with Crippen molar-refractivity contribution in [3.63, 3.8) is 0 Å². The van der Waals surface area contributed by atoms with Gasteiger partial charge in [0.2, 0.25) is 0 Å². The molecular weight excluding hydrogens is 210 g/mol. The second-order valence-electron chi connectivity index (χ2n) is 4.82. The molecule has 0 saturated heterocycles. The molecule has 0 radical (unpaired) electrons. The van der Waals surface area contributed by atoms with Crippen molar-refractivity contribution in [2.24, 2.45) is 5.92 Å². The van der Waals surface area contributed by atoms with Crippen LogP contribution in [0.2, 0.25) is 0 Å². The molecule has 92 valence electrons. The number of rotatable bonds is 4. The SMILES string of the molecule is CN(C)c1ccncc1NCC1CC=CCC1. The van der Waals surface area contributed by atoms with Crippen LogP contribution < -0.4 is 10.2 Å². The number of allylic oxidation sites excluding steroid dienone is 2. The first-order valence-electron chi connectivity index (χ1n) is 6.27. The summed E-state index contributed by atoms with van der Waals surface area (Å²) >= 11 is 0. The van der Waals surface area contributed by atoms with Crippen molar-refractivity contribution in [2.45, 2.75) is 19.3 Å². The Morgan fingerprint density at radius 2 is 2.29 bits per heavy atom. The Morgan fingerprint density at radius 1 is 1.41 bits per heavy atom.